The number of fused-ring (bicyclic) bond motifs is 1. The van der Waals surface area contributed by atoms with Crippen molar-refractivity contribution in [2.75, 3.05) is 0 Å². The zero-order chi connectivity index (χ0) is 27.8. The third kappa shape index (κ3) is 4.39. The number of rotatable bonds is 5. The van der Waals surface area contributed by atoms with Crippen molar-refractivity contribution in [1.29, 1.82) is 0 Å². The van der Waals surface area contributed by atoms with E-state index < -0.39 is 0 Å². The second kappa shape index (κ2) is 10.1. The van der Waals surface area contributed by atoms with Crippen LogP contribution < -0.4 is 5.69 Å². The van der Waals surface area contributed by atoms with Crippen molar-refractivity contribution < 1.29 is 0 Å². The van der Waals surface area contributed by atoms with Gasteiger partial charge < -0.3 is 0 Å². The van der Waals surface area contributed by atoms with Crippen LogP contribution in [0.1, 0.15) is 0 Å². The highest BCUT2D eigenvalue weighted by molar-refractivity contribution is 5.93. The normalized spacial score (nSPS) is 11.1. The van der Waals surface area contributed by atoms with E-state index in [0.29, 0.717) is 23.3 Å². The Balaban J connectivity index is 1.33. The molecule has 7 nitrogen and oxygen atoms in total. The fraction of sp³-hybridized carbons (Fsp3) is 0.0294. The molecule has 0 unspecified atom stereocenters. The molecule has 196 valence electrons. The summed E-state index contributed by atoms with van der Waals surface area (Å²) in [4.78, 5) is 32.1. The molecule has 7 aromatic rings. The van der Waals surface area contributed by atoms with Gasteiger partial charge in [-0.1, -0.05) is 103 Å². The van der Waals surface area contributed by atoms with E-state index in [1.165, 1.54) is 0 Å². The van der Waals surface area contributed by atoms with E-state index in [-0.39, 0.29) is 5.69 Å². The molecule has 0 saturated carbocycles. The van der Waals surface area contributed by atoms with Crippen LogP contribution >= 0.6 is 0 Å². The Bertz CT molecular complexity index is 1990. The highest BCUT2D eigenvalue weighted by Gasteiger charge is 2.17. The van der Waals surface area contributed by atoms with Crippen LogP contribution in [0.5, 0.6) is 0 Å². The fourth-order valence-electron chi connectivity index (χ4n) is 5.09. The molecule has 4 aromatic carbocycles. The van der Waals surface area contributed by atoms with Gasteiger partial charge in [0.15, 0.2) is 17.5 Å². The minimum absolute atomic E-state index is 0.144. The van der Waals surface area contributed by atoms with Crippen LogP contribution in [0.15, 0.2) is 132 Å². The molecule has 0 aliphatic carbocycles. The predicted molar refractivity (Wildman–Crippen MR) is 161 cm³/mol. The molecule has 0 bridgehead atoms. The zero-order valence-electron chi connectivity index (χ0n) is 22.2. The number of aromatic nitrogens is 6. The second-order valence-electron chi connectivity index (χ2n) is 9.65. The fourth-order valence-corrected chi connectivity index (χ4v) is 5.09. The number of hydrogen-bond acceptors (Lipinski definition) is 5. The lowest BCUT2D eigenvalue weighted by atomic mass is 10.0. The number of nitrogens with zero attached hydrogens (tertiary/aromatic N) is 6. The Morgan fingerprint density at radius 2 is 1.07 bits per heavy atom. The summed E-state index contributed by atoms with van der Waals surface area (Å²) in [6, 6.07) is 39.5. The van der Waals surface area contributed by atoms with Crippen molar-refractivity contribution >= 4 is 11.0 Å². The SMILES string of the molecule is Cn1c(=O)n(-c2ccccn2)c2cccc(-c3ccc(-c4nc(-c5ccccc5)nc(-c5ccccc5)n4)cc3)c21. The van der Waals surface area contributed by atoms with Gasteiger partial charge in [-0.05, 0) is 23.8 Å². The third-order valence-electron chi connectivity index (χ3n) is 7.10. The van der Waals surface area contributed by atoms with Crippen molar-refractivity contribution in [3.05, 3.63) is 138 Å². The van der Waals surface area contributed by atoms with Crippen molar-refractivity contribution in [3.8, 4) is 51.1 Å². The molecule has 0 atom stereocenters. The first-order valence-electron chi connectivity index (χ1n) is 13.3. The summed E-state index contributed by atoms with van der Waals surface area (Å²) in [5, 5.41) is 0. The van der Waals surface area contributed by atoms with Crippen LogP contribution in [-0.4, -0.2) is 29.1 Å². The van der Waals surface area contributed by atoms with Crippen molar-refractivity contribution in [2.24, 2.45) is 7.05 Å². The summed E-state index contributed by atoms with van der Waals surface area (Å²) >= 11 is 0. The van der Waals surface area contributed by atoms with Crippen LogP contribution in [0.25, 0.3) is 62.1 Å². The largest absolute Gasteiger partial charge is 0.334 e. The summed E-state index contributed by atoms with van der Waals surface area (Å²) in [7, 11) is 1.79. The Morgan fingerprint density at radius 3 is 1.63 bits per heavy atom. The summed E-state index contributed by atoms with van der Waals surface area (Å²) in [6.45, 7) is 0. The molecule has 0 aliphatic rings. The molecule has 41 heavy (non-hydrogen) atoms. The molecule has 0 saturated heterocycles. The van der Waals surface area contributed by atoms with Gasteiger partial charge in [-0.2, -0.15) is 0 Å². The first-order chi connectivity index (χ1) is 20.2. The van der Waals surface area contributed by atoms with Crippen LogP contribution in [-0.2, 0) is 7.05 Å². The van der Waals surface area contributed by atoms with E-state index in [2.05, 4.69) is 4.98 Å². The maximum atomic E-state index is 13.3. The monoisotopic (exact) mass is 532 g/mol. The topological polar surface area (TPSA) is 78.5 Å². The molecule has 7 heteroatoms. The van der Waals surface area contributed by atoms with Crippen LogP contribution in [0.2, 0.25) is 0 Å². The lowest BCUT2D eigenvalue weighted by Crippen LogP contribution is -2.21. The molecule has 0 radical (unpaired) electrons. The Labute approximate surface area is 236 Å². The number of hydrogen-bond donors (Lipinski definition) is 0. The maximum absolute atomic E-state index is 13.3. The van der Waals surface area contributed by atoms with Crippen LogP contribution in [0.4, 0.5) is 0 Å². The molecule has 3 aromatic heterocycles. The molecule has 0 amide bonds. The predicted octanol–water partition coefficient (Wildman–Crippen LogP) is 6.58. The van der Waals surface area contributed by atoms with Gasteiger partial charge in [-0.25, -0.2) is 29.3 Å². The minimum atomic E-state index is -0.144. The number of imidazole rings is 1. The number of benzene rings is 4. The van der Waals surface area contributed by atoms with Gasteiger partial charge >= 0.3 is 5.69 Å². The van der Waals surface area contributed by atoms with Gasteiger partial charge in [0.05, 0.1) is 11.0 Å². The van der Waals surface area contributed by atoms with Gasteiger partial charge in [0.1, 0.15) is 5.82 Å². The third-order valence-corrected chi connectivity index (χ3v) is 7.10. The second-order valence-corrected chi connectivity index (χ2v) is 9.65. The lowest BCUT2D eigenvalue weighted by Gasteiger charge is -2.10. The highest BCUT2D eigenvalue weighted by Crippen LogP contribution is 2.31. The van der Waals surface area contributed by atoms with Gasteiger partial charge in [0, 0.05) is 35.5 Å². The molecule has 0 N–H and O–H groups in total. The zero-order valence-corrected chi connectivity index (χ0v) is 22.2. The molecule has 3 heterocycles. The quantitative estimate of drug-likeness (QED) is 0.250. The molecule has 0 aliphatic heterocycles. The van der Waals surface area contributed by atoms with E-state index in [1.54, 1.807) is 22.4 Å². The molecule has 0 fully saturated rings. The van der Waals surface area contributed by atoms with Crippen molar-refractivity contribution in [3.63, 3.8) is 0 Å². The average molecular weight is 533 g/mol. The first kappa shape index (κ1) is 24.4. The van der Waals surface area contributed by atoms with E-state index >= 15 is 0 Å². The van der Waals surface area contributed by atoms with E-state index in [1.807, 2.05) is 121 Å². The van der Waals surface area contributed by atoms with Gasteiger partial charge in [-0.15, -0.1) is 0 Å². The molecule has 0 spiro atoms. The van der Waals surface area contributed by atoms with Gasteiger partial charge in [-0.3, -0.25) is 4.57 Å². The lowest BCUT2D eigenvalue weighted by molar-refractivity contribution is 0.834. The van der Waals surface area contributed by atoms with Gasteiger partial charge in [0.25, 0.3) is 0 Å². The van der Waals surface area contributed by atoms with E-state index in [4.69, 9.17) is 15.0 Å². The highest BCUT2D eigenvalue weighted by atomic mass is 16.1. The summed E-state index contributed by atoms with van der Waals surface area (Å²) in [5.74, 6) is 2.42. The number of para-hydroxylation sites is 1. The standard InChI is InChI=1S/C34H24N6O/c1-39-30-27(15-10-16-28(30)40(34(39)41)29-17-8-9-22-35-29)23-18-20-26(21-19-23)33-37-31(24-11-4-2-5-12-24)36-32(38-33)25-13-6-3-7-14-25/h2-22H,1H3. The van der Waals surface area contributed by atoms with Crippen LogP contribution in [0, 0.1) is 0 Å². The smallest absolute Gasteiger partial charge is 0.294 e. The van der Waals surface area contributed by atoms with E-state index in [0.717, 1.165) is 38.9 Å². The minimum Gasteiger partial charge on any atom is -0.294 e. The number of aryl methyl sites for hydroxylation is 1. The van der Waals surface area contributed by atoms with Gasteiger partial charge in [0.2, 0.25) is 0 Å². The Hall–Kier alpha value is -5.69. The number of pyridine rings is 1. The maximum Gasteiger partial charge on any atom is 0.334 e. The summed E-state index contributed by atoms with van der Waals surface area (Å²) in [5.41, 5.74) is 6.16. The molecule has 7 rings (SSSR count). The van der Waals surface area contributed by atoms with E-state index in [9.17, 15) is 4.79 Å². The first-order valence-corrected chi connectivity index (χ1v) is 13.3. The summed E-state index contributed by atoms with van der Waals surface area (Å²) < 4.78 is 3.33. The molecular weight excluding hydrogens is 508 g/mol. The van der Waals surface area contributed by atoms with Crippen molar-refractivity contribution in [2.45, 2.75) is 0 Å². The summed E-state index contributed by atoms with van der Waals surface area (Å²) in [6.07, 6.45) is 1.69. The Kier molecular flexibility index (Phi) is 6.02. The Morgan fingerprint density at radius 1 is 0.537 bits per heavy atom. The van der Waals surface area contributed by atoms with Crippen LogP contribution in [0.3, 0.4) is 0 Å². The van der Waals surface area contributed by atoms with Crippen molar-refractivity contribution in [1.82, 2.24) is 29.1 Å². The molecular formula is C34H24N6O. The average Bonchev–Trinajstić information content (AvgIpc) is 3.31.